The highest BCUT2D eigenvalue weighted by Crippen LogP contribution is 2.33. The standard InChI is InChI=1S/C30H41ClN6O4S/c1-20-6-7-26(14-27(20)31)37(29(38)23-8-12-36(13-9-23)42(4,40)41)11-5-10-34-15-24-17-35(18-25(24)16-34)30(39)28-21(2)32-19-33-22(28)3/h6-7,14,19,23-25H,5,8-13,15-18H2,1-4H3. The van der Waals surface area contributed by atoms with Crippen LogP contribution in [0.15, 0.2) is 24.5 Å². The van der Waals surface area contributed by atoms with Crippen molar-refractivity contribution in [2.45, 2.75) is 40.0 Å². The highest BCUT2D eigenvalue weighted by molar-refractivity contribution is 7.88. The van der Waals surface area contributed by atoms with E-state index in [1.165, 1.54) is 16.9 Å². The van der Waals surface area contributed by atoms with Gasteiger partial charge in [0, 0.05) is 62.4 Å². The summed E-state index contributed by atoms with van der Waals surface area (Å²) >= 11 is 6.45. The molecule has 0 saturated carbocycles. The Bertz CT molecular complexity index is 1410. The molecular weight excluding hydrogens is 576 g/mol. The van der Waals surface area contributed by atoms with Gasteiger partial charge >= 0.3 is 0 Å². The molecule has 4 heterocycles. The summed E-state index contributed by atoms with van der Waals surface area (Å²) in [5.41, 5.74) is 3.80. The van der Waals surface area contributed by atoms with Crippen LogP contribution in [-0.2, 0) is 14.8 Å². The molecule has 2 aromatic rings. The third-order valence-electron chi connectivity index (χ3n) is 9.15. The summed E-state index contributed by atoms with van der Waals surface area (Å²) in [5.74, 6) is 0.714. The molecule has 0 bridgehead atoms. The molecule has 0 spiro atoms. The van der Waals surface area contributed by atoms with Gasteiger partial charge in [-0.15, -0.1) is 0 Å². The van der Waals surface area contributed by atoms with Crippen molar-refractivity contribution in [3.8, 4) is 0 Å². The lowest BCUT2D eigenvalue weighted by Gasteiger charge is -2.33. The monoisotopic (exact) mass is 616 g/mol. The first kappa shape index (κ1) is 30.8. The van der Waals surface area contributed by atoms with Crippen LogP contribution in [0.4, 0.5) is 5.69 Å². The van der Waals surface area contributed by atoms with E-state index in [0.29, 0.717) is 54.9 Å². The van der Waals surface area contributed by atoms with Crippen molar-refractivity contribution < 1.29 is 18.0 Å². The molecule has 2 amide bonds. The van der Waals surface area contributed by atoms with Gasteiger partial charge in [-0.2, -0.15) is 0 Å². The van der Waals surface area contributed by atoms with Gasteiger partial charge in [0.1, 0.15) is 6.33 Å². The molecule has 1 aromatic heterocycles. The fourth-order valence-electron chi connectivity index (χ4n) is 6.72. The van der Waals surface area contributed by atoms with Crippen LogP contribution in [0.3, 0.4) is 0 Å². The van der Waals surface area contributed by atoms with Gasteiger partial charge in [0.25, 0.3) is 5.91 Å². The predicted molar refractivity (Wildman–Crippen MR) is 163 cm³/mol. The zero-order valence-electron chi connectivity index (χ0n) is 24.9. The van der Waals surface area contributed by atoms with Crippen molar-refractivity contribution >= 4 is 39.1 Å². The molecule has 1 aromatic carbocycles. The number of aryl methyl sites for hydroxylation is 3. The summed E-state index contributed by atoms with van der Waals surface area (Å²) in [4.78, 5) is 41.7. The quantitative estimate of drug-likeness (QED) is 0.448. The van der Waals surface area contributed by atoms with E-state index in [1.807, 2.05) is 48.8 Å². The Kier molecular flexibility index (Phi) is 9.22. The van der Waals surface area contributed by atoms with E-state index in [0.717, 1.165) is 61.8 Å². The Balaban J connectivity index is 1.18. The minimum absolute atomic E-state index is 0.0276. The SMILES string of the molecule is Cc1ccc(N(CCCN2CC3CN(C(=O)c4c(C)ncnc4C)CC3C2)C(=O)C2CCN(S(C)(=O)=O)CC2)cc1Cl. The summed E-state index contributed by atoms with van der Waals surface area (Å²) in [7, 11) is -3.26. The lowest BCUT2D eigenvalue weighted by atomic mass is 9.96. The molecule has 0 radical (unpaired) electrons. The maximum Gasteiger partial charge on any atom is 0.257 e. The van der Waals surface area contributed by atoms with E-state index in [9.17, 15) is 18.0 Å². The molecule has 3 aliphatic rings. The second-order valence-corrected chi connectivity index (χ2v) is 14.5. The molecule has 5 rings (SSSR count). The molecule has 12 heteroatoms. The Hall–Kier alpha value is -2.60. The van der Waals surface area contributed by atoms with Crippen LogP contribution >= 0.6 is 11.6 Å². The van der Waals surface area contributed by atoms with Crippen molar-refractivity contribution in [3.63, 3.8) is 0 Å². The van der Waals surface area contributed by atoms with Gasteiger partial charge in [0.15, 0.2) is 0 Å². The molecule has 0 N–H and O–H groups in total. The number of sulfonamides is 1. The van der Waals surface area contributed by atoms with Crippen LogP contribution in [-0.4, -0.2) is 103 Å². The van der Waals surface area contributed by atoms with Gasteiger partial charge in [0.2, 0.25) is 15.9 Å². The van der Waals surface area contributed by atoms with Crippen molar-refractivity contribution in [1.82, 2.24) is 24.1 Å². The maximum atomic E-state index is 13.8. The Labute approximate surface area is 254 Å². The summed E-state index contributed by atoms with van der Waals surface area (Å²) in [6, 6.07) is 5.73. The van der Waals surface area contributed by atoms with E-state index in [4.69, 9.17) is 11.6 Å². The van der Waals surface area contributed by atoms with Gasteiger partial charge in [-0.05, 0) is 76.1 Å². The normalized spacial score (nSPS) is 22.0. The number of anilines is 1. The number of aromatic nitrogens is 2. The van der Waals surface area contributed by atoms with Crippen LogP contribution in [0.1, 0.15) is 46.6 Å². The highest BCUT2D eigenvalue weighted by Gasteiger charge is 2.42. The number of piperidine rings is 1. The number of hydrogen-bond acceptors (Lipinski definition) is 7. The second-order valence-electron chi connectivity index (χ2n) is 12.1. The van der Waals surface area contributed by atoms with Crippen LogP contribution < -0.4 is 4.90 Å². The Morgan fingerprint density at radius 3 is 2.19 bits per heavy atom. The number of nitrogens with zero attached hydrogens (tertiary/aromatic N) is 6. The Morgan fingerprint density at radius 1 is 1.00 bits per heavy atom. The maximum absolute atomic E-state index is 13.8. The van der Waals surface area contributed by atoms with E-state index in [2.05, 4.69) is 14.9 Å². The topological polar surface area (TPSA) is 107 Å². The fraction of sp³-hybridized carbons (Fsp3) is 0.600. The first-order valence-electron chi connectivity index (χ1n) is 14.7. The molecule has 3 fully saturated rings. The van der Waals surface area contributed by atoms with Crippen molar-refractivity contribution in [3.05, 3.63) is 52.1 Å². The zero-order chi connectivity index (χ0) is 30.2. The summed E-state index contributed by atoms with van der Waals surface area (Å²) < 4.78 is 25.4. The number of halogens is 1. The number of hydrogen-bond donors (Lipinski definition) is 0. The largest absolute Gasteiger partial charge is 0.338 e. The fourth-order valence-corrected chi connectivity index (χ4v) is 7.77. The van der Waals surface area contributed by atoms with Crippen molar-refractivity contribution in [1.29, 1.82) is 0 Å². The zero-order valence-corrected chi connectivity index (χ0v) is 26.5. The molecule has 0 aliphatic carbocycles. The number of amides is 2. The molecule has 2 unspecified atom stereocenters. The number of benzene rings is 1. The van der Waals surface area contributed by atoms with Gasteiger partial charge in [-0.3, -0.25) is 9.59 Å². The average molecular weight is 617 g/mol. The van der Waals surface area contributed by atoms with Crippen LogP contribution in [0, 0.1) is 38.5 Å². The molecule has 2 atom stereocenters. The third kappa shape index (κ3) is 6.64. The number of carbonyl (C=O) groups excluding carboxylic acids is 2. The van der Waals surface area contributed by atoms with Crippen LogP contribution in [0.2, 0.25) is 5.02 Å². The molecule has 10 nitrogen and oxygen atoms in total. The lowest BCUT2D eigenvalue weighted by Crippen LogP contribution is -2.45. The van der Waals surface area contributed by atoms with Crippen molar-refractivity contribution in [2.24, 2.45) is 17.8 Å². The van der Waals surface area contributed by atoms with Gasteiger partial charge < -0.3 is 14.7 Å². The second kappa shape index (κ2) is 12.6. The molecular formula is C30H41ClN6O4S. The van der Waals surface area contributed by atoms with Gasteiger partial charge in [-0.25, -0.2) is 22.7 Å². The Morgan fingerprint density at radius 2 is 1.62 bits per heavy atom. The first-order valence-corrected chi connectivity index (χ1v) is 17.0. The van der Waals surface area contributed by atoms with E-state index < -0.39 is 10.0 Å². The molecule has 3 saturated heterocycles. The third-order valence-corrected chi connectivity index (χ3v) is 10.9. The number of carbonyl (C=O) groups is 2. The molecule has 3 aliphatic heterocycles. The number of fused-ring (bicyclic) bond motifs is 1. The number of likely N-dealkylation sites (tertiary alicyclic amines) is 2. The summed E-state index contributed by atoms with van der Waals surface area (Å²) in [6.07, 6.45) is 4.56. The minimum Gasteiger partial charge on any atom is -0.338 e. The van der Waals surface area contributed by atoms with Crippen molar-refractivity contribution in [2.75, 3.05) is 63.5 Å². The average Bonchev–Trinajstić information content (AvgIpc) is 3.51. The summed E-state index contributed by atoms with van der Waals surface area (Å²) in [6.45, 7) is 11.2. The van der Waals surface area contributed by atoms with E-state index >= 15 is 0 Å². The molecule has 228 valence electrons. The number of rotatable bonds is 8. The first-order chi connectivity index (χ1) is 19.9. The van der Waals surface area contributed by atoms with Gasteiger partial charge in [-0.1, -0.05) is 17.7 Å². The van der Waals surface area contributed by atoms with E-state index in [1.54, 1.807) is 0 Å². The highest BCUT2D eigenvalue weighted by atomic mass is 35.5. The van der Waals surface area contributed by atoms with Crippen LogP contribution in [0.25, 0.3) is 0 Å². The van der Waals surface area contributed by atoms with Crippen LogP contribution in [0.5, 0.6) is 0 Å². The summed E-state index contributed by atoms with van der Waals surface area (Å²) in [5, 5.41) is 0.621. The smallest absolute Gasteiger partial charge is 0.257 e. The lowest BCUT2D eigenvalue weighted by molar-refractivity contribution is -0.123. The predicted octanol–water partition coefficient (Wildman–Crippen LogP) is 3.15. The van der Waals surface area contributed by atoms with E-state index in [-0.39, 0.29) is 17.7 Å². The molecule has 42 heavy (non-hydrogen) atoms. The minimum atomic E-state index is -3.26. The van der Waals surface area contributed by atoms with Gasteiger partial charge in [0.05, 0.1) is 23.2 Å².